The highest BCUT2D eigenvalue weighted by Gasteiger charge is 2.16. The highest BCUT2D eigenvalue weighted by molar-refractivity contribution is 6.04. The van der Waals surface area contributed by atoms with Crippen molar-refractivity contribution in [2.45, 2.75) is 32.9 Å². The maximum Gasteiger partial charge on any atom is 0.407 e. The van der Waals surface area contributed by atoms with Gasteiger partial charge in [0.25, 0.3) is 5.91 Å². The van der Waals surface area contributed by atoms with E-state index >= 15 is 0 Å². The molecule has 7 nitrogen and oxygen atoms in total. The SMILES string of the molecule is CC(C)(C)OC(=O)NCc1ccc(C(=O)Nc2ccc3c(c2)OCCO3)cc1. The van der Waals surface area contributed by atoms with Gasteiger partial charge in [0.05, 0.1) is 0 Å². The van der Waals surface area contributed by atoms with E-state index in [2.05, 4.69) is 10.6 Å². The first-order valence-corrected chi connectivity index (χ1v) is 9.07. The summed E-state index contributed by atoms with van der Waals surface area (Å²) in [7, 11) is 0. The van der Waals surface area contributed by atoms with Crippen LogP contribution in [0.15, 0.2) is 42.5 Å². The van der Waals surface area contributed by atoms with Gasteiger partial charge in [-0.2, -0.15) is 0 Å². The number of ether oxygens (including phenoxy) is 3. The molecule has 7 heteroatoms. The van der Waals surface area contributed by atoms with E-state index in [1.807, 2.05) is 20.8 Å². The first-order valence-electron chi connectivity index (χ1n) is 9.07. The van der Waals surface area contributed by atoms with E-state index in [-0.39, 0.29) is 5.91 Å². The normalized spacial score (nSPS) is 12.8. The minimum absolute atomic E-state index is 0.233. The monoisotopic (exact) mass is 384 g/mol. The lowest BCUT2D eigenvalue weighted by molar-refractivity contribution is 0.0523. The molecule has 0 bridgehead atoms. The highest BCUT2D eigenvalue weighted by atomic mass is 16.6. The molecule has 28 heavy (non-hydrogen) atoms. The molecule has 0 saturated heterocycles. The molecule has 0 aliphatic carbocycles. The van der Waals surface area contributed by atoms with Crippen LogP contribution in [-0.2, 0) is 11.3 Å². The number of alkyl carbamates (subject to hydrolysis) is 1. The Kier molecular flexibility index (Phi) is 5.73. The predicted octanol–water partition coefficient (Wildman–Crippen LogP) is 3.73. The molecule has 3 rings (SSSR count). The number of fused-ring (bicyclic) bond motifs is 1. The molecule has 0 spiro atoms. The Labute approximate surface area is 164 Å². The summed E-state index contributed by atoms with van der Waals surface area (Å²) in [5.74, 6) is 1.06. The van der Waals surface area contributed by atoms with E-state index in [4.69, 9.17) is 14.2 Å². The second kappa shape index (κ2) is 8.21. The van der Waals surface area contributed by atoms with Crippen LogP contribution in [-0.4, -0.2) is 30.8 Å². The molecule has 2 aromatic carbocycles. The van der Waals surface area contributed by atoms with Crippen LogP contribution < -0.4 is 20.1 Å². The fraction of sp³-hybridized carbons (Fsp3) is 0.333. The van der Waals surface area contributed by atoms with Crippen molar-refractivity contribution in [3.8, 4) is 11.5 Å². The number of hydrogen-bond donors (Lipinski definition) is 2. The van der Waals surface area contributed by atoms with Gasteiger partial charge in [-0.05, 0) is 50.6 Å². The van der Waals surface area contributed by atoms with E-state index < -0.39 is 11.7 Å². The second-order valence-corrected chi connectivity index (χ2v) is 7.36. The highest BCUT2D eigenvalue weighted by Crippen LogP contribution is 2.32. The number of anilines is 1. The van der Waals surface area contributed by atoms with E-state index in [0.717, 1.165) is 5.56 Å². The zero-order valence-electron chi connectivity index (χ0n) is 16.2. The Hall–Kier alpha value is -3.22. The molecule has 2 amide bonds. The summed E-state index contributed by atoms with van der Waals surface area (Å²) < 4.78 is 16.2. The lowest BCUT2D eigenvalue weighted by Crippen LogP contribution is -2.32. The van der Waals surface area contributed by atoms with Gasteiger partial charge in [-0.3, -0.25) is 4.79 Å². The molecular weight excluding hydrogens is 360 g/mol. The molecule has 2 N–H and O–H groups in total. The maximum atomic E-state index is 12.4. The third-order valence-corrected chi connectivity index (χ3v) is 3.85. The average Bonchev–Trinajstić information content (AvgIpc) is 2.65. The zero-order valence-corrected chi connectivity index (χ0v) is 16.2. The van der Waals surface area contributed by atoms with Crippen molar-refractivity contribution in [3.05, 3.63) is 53.6 Å². The quantitative estimate of drug-likeness (QED) is 0.839. The number of nitrogens with one attached hydrogen (secondary N) is 2. The summed E-state index contributed by atoms with van der Waals surface area (Å²) in [5.41, 5.74) is 1.46. The summed E-state index contributed by atoms with van der Waals surface area (Å²) in [6.45, 7) is 6.75. The molecule has 1 aliphatic heterocycles. The van der Waals surface area contributed by atoms with Crippen LogP contribution in [0.25, 0.3) is 0 Å². The molecule has 0 radical (unpaired) electrons. The Morgan fingerprint density at radius 3 is 2.36 bits per heavy atom. The van der Waals surface area contributed by atoms with Crippen LogP contribution in [0.1, 0.15) is 36.7 Å². The maximum absolute atomic E-state index is 12.4. The van der Waals surface area contributed by atoms with Crippen LogP contribution in [0.2, 0.25) is 0 Å². The molecule has 2 aromatic rings. The van der Waals surface area contributed by atoms with Gasteiger partial charge in [0, 0.05) is 23.9 Å². The van der Waals surface area contributed by atoms with Crippen molar-refractivity contribution in [2.24, 2.45) is 0 Å². The Balaban J connectivity index is 1.56. The smallest absolute Gasteiger partial charge is 0.407 e. The molecule has 0 atom stereocenters. The fourth-order valence-electron chi connectivity index (χ4n) is 2.59. The average molecular weight is 384 g/mol. The first-order chi connectivity index (χ1) is 13.3. The van der Waals surface area contributed by atoms with Crippen LogP contribution in [0.4, 0.5) is 10.5 Å². The summed E-state index contributed by atoms with van der Waals surface area (Å²) in [4.78, 5) is 24.1. The number of rotatable bonds is 4. The summed E-state index contributed by atoms with van der Waals surface area (Å²) in [6, 6.07) is 12.3. The molecular formula is C21H24N2O5. The molecule has 0 fully saturated rings. The van der Waals surface area contributed by atoms with Crippen molar-refractivity contribution >= 4 is 17.7 Å². The molecule has 1 heterocycles. The number of carbonyl (C=O) groups excluding carboxylic acids is 2. The van der Waals surface area contributed by atoms with Gasteiger partial charge in [0.1, 0.15) is 18.8 Å². The van der Waals surface area contributed by atoms with Gasteiger partial charge < -0.3 is 24.8 Å². The lowest BCUT2D eigenvalue weighted by Gasteiger charge is -2.19. The first kappa shape index (κ1) is 19.5. The molecule has 0 saturated carbocycles. The summed E-state index contributed by atoms with van der Waals surface area (Å²) >= 11 is 0. The van der Waals surface area contributed by atoms with Crippen LogP contribution in [0.3, 0.4) is 0 Å². The second-order valence-electron chi connectivity index (χ2n) is 7.36. The van der Waals surface area contributed by atoms with Crippen molar-refractivity contribution in [2.75, 3.05) is 18.5 Å². The zero-order chi connectivity index (χ0) is 20.1. The largest absolute Gasteiger partial charge is 0.486 e. The molecule has 1 aliphatic rings. The van der Waals surface area contributed by atoms with Crippen molar-refractivity contribution in [1.29, 1.82) is 0 Å². The van der Waals surface area contributed by atoms with Gasteiger partial charge in [-0.15, -0.1) is 0 Å². The van der Waals surface area contributed by atoms with Gasteiger partial charge in [-0.25, -0.2) is 4.79 Å². The Morgan fingerprint density at radius 1 is 1.00 bits per heavy atom. The Morgan fingerprint density at radius 2 is 1.68 bits per heavy atom. The number of amides is 2. The fourth-order valence-corrected chi connectivity index (χ4v) is 2.59. The standard InChI is InChI=1S/C21H24N2O5/c1-21(2,3)28-20(25)22-13-14-4-6-15(7-5-14)19(24)23-16-8-9-17-18(12-16)27-11-10-26-17/h4-9,12H,10-11,13H2,1-3H3,(H,22,25)(H,23,24). The number of carbonyl (C=O) groups is 2. The van der Waals surface area contributed by atoms with Gasteiger partial charge >= 0.3 is 6.09 Å². The number of benzene rings is 2. The van der Waals surface area contributed by atoms with Crippen LogP contribution >= 0.6 is 0 Å². The minimum atomic E-state index is -0.542. The Bertz CT molecular complexity index is 856. The van der Waals surface area contributed by atoms with Crippen molar-refractivity contribution < 1.29 is 23.8 Å². The lowest BCUT2D eigenvalue weighted by atomic mass is 10.1. The van der Waals surface area contributed by atoms with Crippen LogP contribution in [0, 0.1) is 0 Å². The van der Waals surface area contributed by atoms with Crippen LogP contribution in [0.5, 0.6) is 11.5 Å². The topological polar surface area (TPSA) is 85.9 Å². The molecule has 0 aromatic heterocycles. The van der Waals surface area contributed by atoms with Gasteiger partial charge in [0.15, 0.2) is 11.5 Å². The van der Waals surface area contributed by atoms with Gasteiger partial charge in [0.2, 0.25) is 0 Å². The number of hydrogen-bond acceptors (Lipinski definition) is 5. The van der Waals surface area contributed by atoms with E-state index in [1.165, 1.54) is 0 Å². The van der Waals surface area contributed by atoms with E-state index in [0.29, 0.717) is 42.5 Å². The molecule has 0 unspecified atom stereocenters. The van der Waals surface area contributed by atoms with Gasteiger partial charge in [-0.1, -0.05) is 12.1 Å². The third kappa shape index (κ3) is 5.39. The summed E-state index contributed by atoms with van der Waals surface area (Å²) in [5, 5.41) is 5.53. The van der Waals surface area contributed by atoms with Crippen molar-refractivity contribution in [3.63, 3.8) is 0 Å². The minimum Gasteiger partial charge on any atom is -0.486 e. The predicted molar refractivity (Wildman–Crippen MR) is 105 cm³/mol. The molecule has 148 valence electrons. The summed E-state index contributed by atoms with van der Waals surface area (Å²) in [6.07, 6.45) is -0.479. The van der Waals surface area contributed by atoms with E-state index in [9.17, 15) is 9.59 Å². The van der Waals surface area contributed by atoms with Crippen molar-refractivity contribution in [1.82, 2.24) is 5.32 Å². The third-order valence-electron chi connectivity index (χ3n) is 3.85. The van der Waals surface area contributed by atoms with E-state index in [1.54, 1.807) is 42.5 Å².